The molecule has 3 atom stereocenters. The third-order valence-corrected chi connectivity index (χ3v) is 4.11. The molecule has 0 spiro atoms. The molecule has 1 aliphatic rings. The highest BCUT2D eigenvalue weighted by atomic mass is 32.2. The Bertz CT molecular complexity index is 431. The van der Waals surface area contributed by atoms with Crippen molar-refractivity contribution in [3.05, 3.63) is 0 Å². The van der Waals surface area contributed by atoms with E-state index in [4.69, 9.17) is 4.74 Å². The molecule has 1 aliphatic heterocycles. The molecular weight excluding hydrogens is 294 g/mol. The number of rotatable bonds is 7. The lowest BCUT2D eigenvalue weighted by molar-refractivity contribution is -0.121. The average Bonchev–Trinajstić information content (AvgIpc) is 2.33. The van der Waals surface area contributed by atoms with Crippen molar-refractivity contribution < 1.29 is 17.9 Å². The Morgan fingerprint density at radius 2 is 1.90 bits per heavy atom. The number of carbonyl (C=O) groups is 1. The maximum atomic E-state index is 11.7. The van der Waals surface area contributed by atoms with E-state index in [0.717, 1.165) is 19.3 Å². The topological polar surface area (TPSA) is 87.7 Å². The Balaban J connectivity index is 2.25. The van der Waals surface area contributed by atoms with Gasteiger partial charge in [-0.15, -0.1) is 0 Å². The molecule has 7 nitrogen and oxygen atoms in total. The van der Waals surface area contributed by atoms with Crippen LogP contribution in [0.5, 0.6) is 0 Å². The molecule has 0 bridgehead atoms. The van der Waals surface area contributed by atoms with E-state index in [9.17, 15) is 13.2 Å². The molecule has 1 fully saturated rings. The highest BCUT2D eigenvalue weighted by molar-refractivity contribution is 7.88. The van der Waals surface area contributed by atoms with Crippen LogP contribution in [0.3, 0.4) is 0 Å². The second-order valence-electron chi connectivity index (χ2n) is 5.78. The van der Waals surface area contributed by atoms with Gasteiger partial charge in [-0.2, -0.15) is 0 Å². The van der Waals surface area contributed by atoms with Crippen molar-refractivity contribution in [2.45, 2.75) is 45.4 Å². The molecule has 124 valence electrons. The van der Waals surface area contributed by atoms with Crippen LogP contribution in [0.4, 0.5) is 0 Å². The smallest absolute Gasteiger partial charge is 0.221 e. The zero-order valence-corrected chi connectivity index (χ0v) is 14.1. The minimum atomic E-state index is -3.23. The van der Waals surface area contributed by atoms with Crippen LogP contribution in [0, 0.1) is 0 Å². The third-order valence-electron chi connectivity index (χ3n) is 3.38. The molecule has 1 rings (SSSR count). The molecule has 0 aliphatic carbocycles. The van der Waals surface area contributed by atoms with Gasteiger partial charge in [0.15, 0.2) is 0 Å². The maximum absolute atomic E-state index is 11.7. The van der Waals surface area contributed by atoms with Crippen LogP contribution in [0.25, 0.3) is 0 Å². The molecule has 0 aromatic rings. The minimum Gasteiger partial charge on any atom is -0.373 e. The van der Waals surface area contributed by atoms with Gasteiger partial charge in [0.05, 0.1) is 18.5 Å². The SMILES string of the molecule is CC1CN(C(C)CNC(=O)CCNS(C)(=O)=O)CC(C)O1. The fourth-order valence-corrected chi connectivity index (χ4v) is 2.88. The van der Waals surface area contributed by atoms with Gasteiger partial charge in [0.1, 0.15) is 0 Å². The molecule has 0 radical (unpaired) electrons. The van der Waals surface area contributed by atoms with Crippen molar-refractivity contribution in [3.63, 3.8) is 0 Å². The molecule has 8 heteroatoms. The van der Waals surface area contributed by atoms with Crippen molar-refractivity contribution >= 4 is 15.9 Å². The summed E-state index contributed by atoms with van der Waals surface area (Å²) in [5, 5.41) is 2.84. The number of sulfonamides is 1. The Labute approximate surface area is 127 Å². The number of nitrogens with one attached hydrogen (secondary N) is 2. The number of ether oxygens (including phenoxy) is 1. The van der Waals surface area contributed by atoms with Gasteiger partial charge in [-0.25, -0.2) is 13.1 Å². The van der Waals surface area contributed by atoms with E-state index in [1.54, 1.807) is 0 Å². The van der Waals surface area contributed by atoms with Gasteiger partial charge < -0.3 is 10.1 Å². The summed E-state index contributed by atoms with van der Waals surface area (Å²) >= 11 is 0. The number of nitrogens with zero attached hydrogens (tertiary/aromatic N) is 1. The number of hydrogen-bond donors (Lipinski definition) is 2. The van der Waals surface area contributed by atoms with Crippen LogP contribution in [-0.4, -0.2) is 69.9 Å². The summed E-state index contributed by atoms with van der Waals surface area (Å²) in [5.41, 5.74) is 0. The number of morpholine rings is 1. The van der Waals surface area contributed by atoms with Gasteiger partial charge >= 0.3 is 0 Å². The first-order chi connectivity index (χ1) is 9.67. The van der Waals surface area contributed by atoms with Gasteiger partial charge in [0, 0.05) is 38.6 Å². The summed E-state index contributed by atoms with van der Waals surface area (Å²) < 4.78 is 29.8. The van der Waals surface area contributed by atoms with Gasteiger partial charge in [0.25, 0.3) is 0 Å². The molecule has 0 aromatic carbocycles. The fraction of sp³-hybridized carbons (Fsp3) is 0.923. The van der Waals surface area contributed by atoms with Crippen LogP contribution in [-0.2, 0) is 19.6 Å². The van der Waals surface area contributed by atoms with Crippen molar-refractivity contribution in [2.75, 3.05) is 32.4 Å². The molecular formula is C13H27N3O4S. The van der Waals surface area contributed by atoms with Crippen LogP contribution in [0.1, 0.15) is 27.2 Å². The largest absolute Gasteiger partial charge is 0.373 e. The number of carbonyl (C=O) groups excluding carboxylic acids is 1. The molecule has 21 heavy (non-hydrogen) atoms. The molecule has 0 aromatic heterocycles. The summed E-state index contributed by atoms with van der Waals surface area (Å²) in [6.45, 7) is 8.56. The van der Waals surface area contributed by atoms with E-state index < -0.39 is 10.0 Å². The fourth-order valence-electron chi connectivity index (χ4n) is 2.41. The predicted octanol–water partition coefficient (Wildman–Crippen LogP) is -0.460. The molecule has 1 saturated heterocycles. The maximum Gasteiger partial charge on any atom is 0.221 e. The Hall–Kier alpha value is -0.700. The second kappa shape index (κ2) is 8.07. The lowest BCUT2D eigenvalue weighted by atomic mass is 10.1. The zero-order chi connectivity index (χ0) is 16.0. The molecule has 2 N–H and O–H groups in total. The summed E-state index contributed by atoms with van der Waals surface area (Å²) in [4.78, 5) is 14.0. The van der Waals surface area contributed by atoms with Crippen molar-refractivity contribution in [1.29, 1.82) is 0 Å². The molecule has 1 heterocycles. The molecule has 0 saturated carbocycles. The van der Waals surface area contributed by atoms with E-state index in [1.165, 1.54) is 0 Å². The normalized spacial score (nSPS) is 25.5. The van der Waals surface area contributed by atoms with E-state index in [0.29, 0.717) is 6.54 Å². The van der Waals surface area contributed by atoms with E-state index >= 15 is 0 Å². The Kier molecular flexibility index (Phi) is 7.05. The summed E-state index contributed by atoms with van der Waals surface area (Å²) in [6.07, 6.45) is 1.63. The standard InChI is InChI=1S/C13H27N3O4S/c1-10(16-8-11(2)20-12(3)9-16)7-14-13(17)5-6-15-21(4,18)19/h10-12,15H,5-9H2,1-4H3,(H,14,17). The van der Waals surface area contributed by atoms with Crippen molar-refractivity contribution in [1.82, 2.24) is 14.9 Å². The summed E-state index contributed by atoms with van der Waals surface area (Å²) in [6, 6.07) is 0.227. The van der Waals surface area contributed by atoms with Gasteiger partial charge in [-0.05, 0) is 20.8 Å². The zero-order valence-electron chi connectivity index (χ0n) is 13.3. The highest BCUT2D eigenvalue weighted by Crippen LogP contribution is 2.13. The monoisotopic (exact) mass is 321 g/mol. The minimum absolute atomic E-state index is 0.130. The first-order valence-electron chi connectivity index (χ1n) is 7.28. The van der Waals surface area contributed by atoms with E-state index in [2.05, 4.69) is 21.9 Å². The highest BCUT2D eigenvalue weighted by Gasteiger charge is 2.25. The second-order valence-corrected chi connectivity index (χ2v) is 7.61. The lowest BCUT2D eigenvalue weighted by Gasteiger charge is -2.39. The van der Waals surface area contributed by atoms with E-state index in [-0.39, 0.29) is 37.1 Å². The summed E-state index contributed by atoms with van der Waals surface area (Å²) in [5.74, 6) is -0.146. The molecule has 3 unspecified atom stereocenters. The van der Waals surface area contributed by atoms with Crippen molar-refractivity contribution in [3.8, 4) is 0 Å². The van der Waals surface area contributed by atoms with E-state index in [1.807, 2.05) is 13.8 Å². The van der Waals surface area contributed by atoms with Crippen LogP contribution < -0.4 is 10.0 Å². The van der Waals surface area contributed by atoms with Gasteiger partial charge in [0.2, 0.25) is 15.9 Å². The van der Waals surface area contributed by atoms with Crippen LogP contribution >= 0.6 is 0 Å². The first kappa shape index (κ1) is 18.3. The first-order valence-corrected chi connectivity index (χ1v) is 9.17. The average molecular weight is 321 g/mol. The van der Waals surface area contributed by atoms with Gasteiger partial charge in [-0.1, -0.05) is 0 Å². The van der Waals surface area contributed by atoms with Crippen LogP contribution in [0.15, 0.2) is 0 Å². The lowest BCUT2D eigenvalue weighted by Crippen LogP contribution is -2.52. The summed E-state index contributed by atoms with van der Waals surface area (Å²) in [7, 11) is -3.23. The Morgan fingerprint density at radius 1 is 1.33 bits per heavy atom. The number of amides is 1. The predicted molar refractivity (Wildman–Crippen MR) is 81.5 cm³/mol. The van der Waals surface area contributed by atoms with Crippen LogP contribution in [0.2, 0.25) is 0 Å². The molecule has 1 amide bonds. The third kappa shape index (κ3) is 7.75. The quantitative estimate of drug-likeness (QED) is 0.662. The number of hydrogen-bond acceptors (Lipinski definition) is 5. The Morgan fingerprint density at radius 3 is 2.43 bits per heavy atom. The van der Waals surface area contributed by atoms with Crippen molar-refractivity contribution in [2.24, 2.45) is 0 Å². The van der Waals surface area contributed by atoms with Gasteiger partial charge in [-0.3, -0.25) is 9.69 Å².